The van der Waals surface area contributed by atoms with Crippen LogP contribution in [0.25, 0.3) is 11.0 Å². The third kappa shape index (κ3) is 9.83. The molecule has 0 aliphatic rings. The van der Waals surface area contributed by atoms with Gasteiger partial charge in [-0.15, -0.1) is 0 Å². The van der Waals surface area contributed by atoms with Crippen LogP contribution in [0.15, 0.2) is 42.5 Å². The molecule has 10 nitrogen and oxygen atoms in total. The number of nitrogens with zero attached hydrogens (tertiary/aromatic N) is 3. The van der Waals surface area contributed by atoms with E-state index in [1.807, 2.05) is 30.3 Å². The van der Waals surface area contributed by atoms with E-state index in [0.717, 1.165) is 30.4 Å². The molecule has 47 heavy (non-hydrogen) atoms. The van der Waals surface area contributed by atoms with Gasteiger partial charge in [0, 0.05) is 0 Å². The molecule has 0 radical (unpaired) electrons. The van der Waals surface area contributed by atoms with E-state index >= 15 is 0 Å². The van der Waals surface area contributed by atoms with Gasteiger partial charge in [0.15, 0.2) is 0 Å². The topological polar surface area (TPSA) is 109 Å². The van der Waals surface area contributed by atoms with Gasteiger partial charge in [0.1, 0.15) is 0 Å². The number of methoxy groups -OCH3 is 2. The Bertz CT molecular complexity index is 1450. The Hall–Kier alpha value is -2.40. The second-order valence-electron chi connectivity index (χ2n) is 12.0. The average molecular weight is 779 g/mol. The molecule has 0 bridgehead atoms. The molecule has 260 valence electrons. The zero-order chi connectivity index (χ0) is 34.5. The predicted molar refractivity (Wildman–Crippen MR) is 190 cm³/mol. The van der Waals surface area contributed by atoms with Gasteiger partial charge in [-0.2, -0.15) is 0 Å². The number of carbonyl (C=O) groups is 1. The van der Waals surface area contributed by atoms with Crippen LogP contribution in [0.2, 0.25) is 13.3 Å². The van der Waals surface area contributed by atoms with Gasteiger partial charge in [0.05, 0.1) is 0 Å². The van der Waals surface area contributed by atoms with Crippen LogP contribution < -0.4 is 13.1 Å². The fourth-order valence-electron chi connectivity index (χ4n) is 6.13. The first-order valence-electron chi connectivity index (χ1n) is 16.8. The number of hydrogen-bond acceptors (Lipinski definition) is 9. The summed E-state index contributed by atoms with van der Waals surface area (Å²) in [4.78, 5) is 25.1. The van der Waals surface area contributed by atoms with Crippen molar-refractivity contribution >= 4 is 46.7 Å². The van der Waals surface area contributed by atoms with E-state index in [1.165, 1.54) is 62.4 Å². The summed E-state index contributed by atoms with van der Waals surface area (Å²) in [6.07, 6.45) is 6.36. The molecule has 1 aromatic heterocycles. The molecular formula is C35H54N3O7PSn. The van der Waals surface area contributed by atoms with E-state index in [4.69, 9.17) is 33.2 Å². The number of rotatable bonds is 20. The summed E-state index contributed by atoms with van der Waals surface area (Å²) < 4.78 is 46.5. The Labute approximate surface area is 285 Å². The van der Waals surface area contributed by atoms with Gasteiger partial charge < -0.3 is 0 Å². The van der Waals surface area contributed by atoms with Crippen molar-refractivity contribution in [3.8, 4) is 11.8 Å². The van der Waals surface area contributed by atoms with E-state index in [-0.39, 0.29) is 19.0 Å². The van der Waals surface area contributed by atoms with Crippen LogP contribution >= 0.6 is 7.60 Å². The summed E-state index contributed by atoms with van der Waals surface area (Å²) in [6.45, 7) is 8.55. The minimum absolute atomic E-state index is 0.0529. The Morgan fingerprint density at radius 2 is 1.40 bits per heavy atom. The molecule has 0 saturated heterocycles. The molecule has 2 aromatic carbocycles. The maximum atomic E-state index is 13.9. The summed E-state index contributed by atoms with van der Waals surface area (Å²) in [5.41, 5.74) is 2.89. The number of aromatic nitrogens is 2. The first-order chi connectivity index (χ1) is 22.6. The quantitative estimate of drug-likeness (QED) is 0.0823. The Kier molecular flexibility index (Phi) is 15.7. The van der Waals surface area contributed by atoms with Crippen molar-refractivity contribution in [1.29, 1.82) is 0 Å². The monoisotopic (exact) mass is 779 g/mol. The molecule has 12 heteroatoms. The van der Waals surface area contributed by atoms with Crippen molar-refractivity contribution in [3.63, 3.8) is 0 Å². The van der Waals surface area contributed by atoms with Crippen LogP contribution in [0, 0.1) is 0 Å². The molecule has 3 rings (SSSR count). The summed E-state index contributed by atoms with van der Waals surface area (Å²) in [6, 6.07) is 13.9. The molecule has 0 saturated carbocycles. The summed E-state index contributed by atoms with van der Waals surface area (Å²) >= 11 is -3.02. The van der Waals surface area contributed by atoms with Gasteiger partial charge in [0.2, 0.25) is 0 Å². The van der Waals surface area contributed by atoms with Gasteiger partial charge in [-0.05, 0) is 0 Å². The molecule has 0 N–H and O–H groups in total. The van der Waals surface area contributed by atoms with Crippen molar-refractivity contribution in [3.05, 3.63) is 53.6 Å². The molecular weight excluding hydrogens is 724 g/mol. The van der Waals surface area contributed by atoms with Crippen LogP contribution in [0.4, 0.5) is 4.79 Å². The molecule has 0 aliphatic heterocycles. The number of fused-ring (bicyclic) bond motifs is 1. The average Bonchev–Trinajstić information content (AvgIpc) is 3.11. The normalized spacial score (nSPS) is 12.6. The zero-order valence-corrected chi connectivity index (χ0v) is 33.3. The van der Waals surface area contributed by atoms with Crippen LogP contribution in [0.5, 0.6) is 11.8 Å². The summed E-state index contributed by atoms with van der Waals surface area (Å²) in [7, 11) is 1.99. The number of amides is 1. The van der Waals surface area contributed by atoms with Crippen LogP contribution in [-0.4, -0.2) is 73.6 Å². The first-order valence-corrected chi connectivity index (χ1v) is 25.9. The maximum absolute atomic E-state index is 13.9. The Morgan fingerprint density at radius 3 is 1.91 bits per heavy atom. The molecule has 0 spiro atoms. The SMILES string of the molecule is CCC[CH2][Sn]([CH2]CCC)([CH2]CCC)[c]1cc(CN(C(=O)OCc2ccccc2)[C@H](C)P(=O)(OC)OC)c2nc(OC)c(OC)nc2c1. The fraction of sp³-hybridized carbons (Fsp3) is 0.571. The van der Waals surface area contributed by atoms with Gasteiger partial charge in [-0.25, -0.2) is 0 Å². The molecule has 1 atom stereocenters. The molecule has 0 aliphatic carbocycles. The third-order valence-electron chi connectivity index (χ3n) is 9.01. The van der Waals surface area contributed by atoms with E-state index in [2.05, 4.69) is 32.9 Å². The van der Waals surface area contributed by atoms with Crippen molar-refractivity contribution in [1.82, 2.24) is 14.9 Å². The van der Waals surface area contributed by atoms with Crippen molar-refractivity contribution in [2.24, 2.45) is 0 Å². The molecule has 1 amide bonds. The summed E-state index contributed by atoms with van der Waals surface area (Å²) in [5.74, 6) is -0.408. The number of benzene rings is 2. The van der Waals surface area contributed by atoms with E-state index in [0.29, 0.717) is 16.9 Å². The summed E-state index contributed by atoms with van der Waals surface area (Å²) in [5, 5.41) is 0. The predicted octanol–water partition coefficient (Wildman–Crippen LogP) is 8.67. The minimum atomic E-state index is -3.73. The van der Waals surface area contributed by atoms with Gasteiger partial charge in [0.25, 0.3) is 0 Å². The van der Waals surface area contributed by atoms with Gasteiger partial charge in [-0.1, -0.05) is 0 Å². The van der Waals surface area contributed by atoms with Crippen LogP contribution in [0.3, 0.4) is 0 Å². The fourth-order valence-corrected chi connectivity index (χ4v) is 23.5. The van der Waals surface area contributed by atoms with E-state index < -0.39 is 37.8 Å². The molecule has 0 unspecified atom stereocenters. The zero-order valence-electron chi connectivity index (χ0n) is 29.5. The third-order valence-corrected chi connectivity index (χ3v) is 26.8. The van der Waals surface area contributed by atoms with Crippen molar-refractivity contribution < 1.29 is 32.6 Å². The first kappa shape index (κ1) is 39.0. The van der Waals surface area contributed by atoms with Gasteiger partial charge >= 0.3 is 286 Å². The van der Waals surface area contributed by atoms with Gasteiger partial charge in [-0.3, -0.25) is 0 Å². The molecule has 3 aromatic rings. The molecule has 1 heterocycles. The molecule has 0 fully saturated rings. The Balaban J connectivity index is 2.27. The number of carbonyl (C=O) groups excluding carboxylic acids is 1. The van der Waals surface area contributed by atoms with E-state index in [9.17, 15) is 9.36 Å². The van der Waals surface area contributed by atoms with Crippen molar-refractivity contribution in [2.75, 3.05) is 28.4 Å². The second-order valence-corrected chi connectivity index (χ2v) is 27.8. The van der Waals surface area contributed by atoms with Crippen molar-refractivity contribution in [2.45, 2.75) is 98.5 Å². The van der Waals surface area contributed by atoms with Crippen LogP contribution in [0.1, 0.15) is 77.3 Å². The number of ether oxygens (including phenoxy) is 3. The number of unbranched alkanes of at least 4 members (excludes halogenated alkanes) is 3. The number of hydrogen-bond donors (Lipinski definition) is 0. The Morgan fingerprint density at radius 1 is 0.851 bits per heavy atom. The second kappa shape index (κ2) is 19.0. The van der Waals surface area contributed by atoms with Crippen LogP contribution in [-0.2, 0) is 31.5 Å². The van der Waals surface area contributed by atoms with E-state index in [1.54, 1.807) is 14.0 Å². The standard InChI is InChI=1S/C23H27N3O7P.3C4H9.Sn/c1-16(34(28,31-4)32-5)26(23(27)33-15-17-10-7-6-8-11-17)14-18-12-9-13-19-20(18)25-22(30-3)21(24-19)29-2;3*1-3-4-2;/h6-8,10-13,16H,14-15H2,1-5H3;3*1,3-4H2,2H3;/t16-;;;;/m0..../s1.